The lowest BCUT2D eigenvalue weighted by Gasteiger charge is -2.11. The van der Waals surface area contributed by atoms with Gasteiger partial charge in [0.2, 0.25) is 0 Å². The monoisotopic (exact) mass is 340 g/mol. The van der Waals surface area contributed by atoms with Crippen molar-refractivity contribution in [3.05, 3.63) is 77.0 Å². The molecule has 0 spiro atoms. The molecule has 25 heavy (non-hydrogen) atoms. The number of H-pyrrole nitrogens is 1. The van der Waals surface area contributed by atoms with Crippen LogP contribution in [0.5, 0.6) is 5.75 Å². The van der Waals surface area contributed by atoms with Gasteiger partial charge in [-0.3, -0.25) is 0 Å². The maximum atomic E-state index is 13.2. The molecule has 0 saturated carbocycles. The average molecular weight is 340 g/mol. The highest BCUT2D eigenvalue weighted by Crippen LogP contribution is 2.26. The van der Waals surface area contributed by atoms with Crippen LogP contribution < -0.4 is 10.1 Å². The van der Waals surface area contributed by atoms with Gasteiger partial charge in [0.25, 0.3) is 0 Å². The molecule has 1 aliphatic heterocycles. The summed E-state index contributed by atoms with van der Waals surface area (Å²) in [5, 5.41) is 3.36. The Hall–Kier alpha value is -2.66. The number of aromatic amines is 1. The molecule has 128 valence electrons. The van der Waals surface area contributed by atoms with E-state index in [2.05, 4.69) is 16.4 Å². The van der Waals surface area contributed by atoms with Crippen molar-refractivity contribution in [1.29, 1.82) is 0 Å². The second kappa shape index (κ2) is 6.69. The first-order valence-electron chi connectivity index (χ1n) is 8.27. The van der Waals surface area contributed by atoms with Crippen molar-refractivity contribution in [3.63, 3.8) is 0 Å². The van der Waals surface area contributed by atoms with Gasteiger partial charge in [-0.25, -0.2) is 8.78 Å². The second-order valence-corrected chi connectivity index (χ2v) is 6.20. The summed E-state index contributed by atoms with van der Waals surface area (Å²) in [6.45, 7) is 2.02. The van der Waals surface area contributed by atoms with E-state index in [-0.39, 0.29) is 6.61 Å². The lowest BCUT2D eigenvalue weighted by molar-refractivity contribution is 0.305. The predicted octanol–water partition coefficient (Wildman–Crippen LogP) is 4.18. The van der Waals surface area contributed by atoms with Crippen LogP contribution in [-0.2, 0) is 19.6 Å². The molecule has 5 heteroatoms. The number of halogens is 2. The van der Waals surface area contributed by atoms with E-state index in [9.17, 15) is 8.78 Å². The third kappa shape index (κ3) is 3.56. The van der Waals surface area contributed by atoms with Crippen molar-refractivity contribution in [3.8, 4) is 17.0 Å². The highest BCUT2D eigenvalue weighted by atomic mass is 19.1. The summed E-state index contributed by atoms with van der Waals surface area (Å²) in [5.74, 6) is -0.537. The molecule has 0 aliphatic carbocycles. The average Bonchev–Trinajstić information content (AvgIpc) is 3.04. The van der Waals surface area contributed by atoms with E-state index in [1.165, 1.54) is 23.4 Å². The van der Waals surface area contributed by atoms with E-state index < -0.39 is 11.6 Å². The smallest absolute Gasteiger partial charge is 0.126 e. The van der Waals surface area contributed by atoms with Gasteiger partial charge in [0.1, 0.15) is 24.0 Å². The van der Waals surface area contributed by atoms with Gasteiger partial charge in [0, 0.05) is 37.0 Å². The molecule has 2 aromatic carbocycles. The number of rotatable bonds is 4. The van der Waals surface area contributed by atoms with Crippen molar-refractivity contribution < 1.29 is 13.5 Å². The summed E-state index contributed by atoms with van der Waals surface area (Å²) >= 11 is 0. The number of hydrogen-bond acceptors (Lipinski definition) is 2. The number of hydrogen-bond donors (Lipinski definition) is 2. The number of fused-ring (bicyclic) bond motifs is 1. The standard InChI is InChI=1S/C20H18F2N2O/c21-16-7-13(8-17(22)10-16)12-25-18-3-1-14(2-4-18)20-9-15-11-23-6-5-19(15)24-20/h1-4,7-10,23-24H,5-6,11-12H2. The highest BCUT2D eigenvalue weighted by Gasteiger charge is 2.13. The van der Waals surface area contributed by atoms with E-state index in [1.54, 1.807) is 0 Å². The topological polar surface area (TPSA) is 37.0 Å². The molecule has 4 rings (SSSR count). The SMILES string of the molecule is Fc1cc(F)cc(COc2ccc(-c3cc4c([nH]3)CCNC4)cc2)c1. The lowest BCUT2D eigenvalue weighted by Crippen LogP contribution is -2.22. The fraction of sp³-hybridized carbons (Fsp3) is 0.200. The highest BCUT2D eigenvalue weighted by molar-refractivity contribution is 5.62. The lowest BCUT2D eigenvalue weighted by atomic mass is 10.1. The van der Waals surface area contributed by atoms with Crippen molar-refractivity contribution in [1.82, 2.24) is 10.3 Å². The molecular formula is C20H18F2N2O. The van der Waals surface area contributed by atoms with Crippen molar-refractivity contribution in [2.75, 3.05) is 6.54 Å². The molecule has 0 amide bonds. The van der Waals surface area contributed by atoms with Gasteiger partial charge in [0.15, 0.2) is 0 Å². The third-order valence-corrected chi connectivity index (χ3v) is 4.35. The minimum absolute atomic E-state index is 0.122. The number of ether oxygens (including phenoxy) is 1. The Morgan fingerprint density at radius 3 is 2.44 bits per heavy atom. The number of benzene rings is 2. The molecule has 0 fully saturated rings. The number of aromatic nitrogens is 1. The zero-order chi connectivity index (χ0) is 17.2. The summed E-state index contributed by atoms with van der Waals surface area (Å²) in [4.78, 5) is 3.48. The van der Waals surface area contributed by atoms with Gasteiger partial charge < -0.3 is 15.0 Å². The fourth-order valence-electron chi connectivity index (χ4n) is 3.10. The first-order chi connectivity index (χ1) is 12.2. The molecular weight excluding hydrogens is 322 g/mol. The largest absolute Gasteiger partial charge is 0.489 e. The Balaban J connectivity index is 1.45. The van der Waals surface area contributed by atoms with Gasteiger partial charge >= 0.3 is 0 Å². The molecule has 0 saturated heterocycles. The van der Waals surface area contributed by atoms with Crippen LogP contribution in [0.15, 0.2) is 48.5 Å². The van der Waals surface area contributed by atoms with E-state index in [1.807, 2.05) is 24.3 Å². The molecule has 3 aromatic rings. The maximum Gasteiger partial charge on any atom is 0.126 e. The fourth-order valence-corrected chi connectivity index (χ4v) is 3.10. The van der Waals surface area contributed by atoms with Crippen molar-refractivity contribution in [2.45, 2.75) is 19.6 Å². The zero-order valence-electron chi connectivity index (χ0n) is 13.6. The van der Waals surface area contributed by atoms with Crippen LogP contribution in [0.4, 0.5) is 8.78 Å². The first kappa shape index (κ1) is 15.8. The van der Waals surface area contributed by atoms with Crippen LogP contribution >= 0.6 is 0 Å². The number of nitrogens with one attached hydrogen (secondary N) is 2. The van der Waals surface area contributed by atoms with E-state index in [4.69, 9.17) is 4.74 Å². The Labute approximate surface area is 144 Å². The van der Waals surface area contributed by atoms with E-state index >= 15 is 0 Å². The van der Waals surface area contributed by atoms with Crippen LogP contribution in [0.1, 0.15) is 16.8 Å². The van der Waals surface area contributed by atoms with Crippen LogP contribution in [0.25, 0.3) is 11.3 Å². The third-order valence-electron chi connectivity index (χ3n) is 4.35. The normalized spacial score (nSPS) is 13.5. The summed E-state index contributed by atoms with van der Waals surface area (Å²) < 4.78 is 32.0. The van der Waals surface area contributed by atoms with Gasteiger partial charge in [0.05, 0.1) is 0 Å². The summed E-state index contributed by atoms with van der Waals surface area (Å²) in [7, 11) is 0. The zero-order valence-corrected chi connectivity index (χ0v) is 13.6. The molecule has 0 bridgehead atoms. The van der Waals surface area contributed by atoms with Crippen LogP contribution in [0.3, 0.4) is 0 Å². The Morgan fingerprint density at radius 1 is 0.960 bits per heavy atom. The van der Waals surface area contributed by atoms with Crippen molar-refractivity contribution in [2.24, 2.45) is 0 Å². The second-order valence-electron chi connectivity index (χ2n) is 6.20. The van der Waals surface area contributed by atoms with Crippen LogP contribution in [0, 0.1) is 11.6 Å². The van der Waals surface area contributed by atoms with Gasteiger partial charge in [-0.1, -0.05) is 0 Å². The molecule has 3 nitrogen and oxygen atoms in total. The Kier molecular flexibility index (Phi) is 4.24. The van der Waals surface area contributed by atoms with E-state index in [0.717, 1.165) is 36.8 Å². The van der Waals surface area contributed by atoms with Crippen LogP contribution in [-0.4, -0.2) is 11.5 Å². The minimum Gasteiger partial charge on any atom is -0.489 e. The van der Waals surface area contributed by atoms with Crippen LogP contribution in [0.2, 0.25) is 0 Å². The molecule has 0 unspecified atom stereocenters. The molecule has 2 N–H and O–H groups in total. The molecule has 0 atom stereocenters. The molecule has 1 aliphatic rings. The first-order valence-corrected chi connectivity index (χ1v) is 8.27. The van der Waals surface area contributed by atoms with E-state index in [0.29, 0.717) is 11.3 Å². The summed E-state index contributed by atoms with van der Waals surface area (Å²) in [5.41, 5.74) is 5.24. The van der Waals surface area contributed by atoms with Gasteiger partial charge in [-0.05, 0) is 59.2 Å². The molecule has 2 heterocycles. The summed E-state index contributed by atoms with van der Waals surface area (Å²) in [6, 6.07) is 13.3. The van der Waals surface area contributed by atoms with Gasteiger partial charge in [-0.2, -0.15) is 0 Å². The maximum absolute atomic E-state index is 13.2. The van der Waals surface area contributed by atoms with Gasteiger partial charge in [-0.15, -0.1) is 0 Å². The quantitative estimate of drug-likeness (QED) is 0.747. The summed E-state index contributed by atoms with van der Waals surface area (Å²) in [6.07, 6.45) is 1.01. The minimum atomic E-state index is -0.598. The Bertz CT molecular complexity index is 843. The Morgan fingerprint density at radius 2 is 1.72 bits per heavy atom. The van der Waals surface area contributed by atoms with Crippen molar-refractivity contribution >= 4 is 0 Å². The predicted molar refractivity (Wildman–Crippen MR) is 92.3 cm³/mol. The molecule has 0 radical (unpaired) electrons. The molecule has 1 aromatic heterocycles.